The zero-order valence-electron chi connectivity index (χ0n) is 8.11. The van der Waals surface area contributed by atoms with E-state index in [0.717, 1.165) is 10.0 Å². The van der Waals surface area contributed by atoms with E-state index in [9.17, 15) is 8.42 Å². The van der Waals surface area contributed by atoms with Crippen LogP contribution in [0.15, 0.2) is 28.7 Å². The second kappa shape index (κ2) is 4.23. The summed E-state index contributed by atoms with van der Waals surface area (Å²) >= 11 is 3.43. The first kappa shape index (κ1) is 11.1. The zero-order chi connectivity index (χ0) is 10.9. The summed E-state index contributed by atoms with van der Waals surface area (Å²) in [5.41, 5.74) is 1.01. The summed E-state index contributed by atoms with van der Waals surface area (Å²) in [7, 11) is -2.88. The Morgan fingerprint density at radius 3 is 2.73 bits per heavy atom. The predicted molar refractivity (Wildman–Crippen MR) is 63.5 cm³/mol. The molecule has 0 amide bonds. The molecule has 0 bridgehead atoms. The molecule has 1 fully saturated rings. The topological polar surface area (TPSA) is 46.2 Å². The molecule has 1 unspecified atom stereocenters. The number of hydrogen-bond acceptors (Lipinski definition) is 3. The number of rotatable bonds is 1. The van der Waals surface area contributed by atoms with E-state index in [2.05, 4.69) is 21.2 Å². The Kier molecular flexibility index (Phi) is 3.13. The first-order valence-electron chi connectivity index (χ1n) is 4.77. The second-order valence-electron chi connectivity index (χ2n) is 3.64. The van der Waals surface area contributed by atoms with Crippen LogP contribution in [0, 0.1) is 0 Å². The molecule has 1 aliphatic heterocycles. The molecule has 1 aromatic carbocycles. The lowest BCUT2D eigenvalue weighted by Crippen LogP contribution is -2.39. The molecule has 1 aromatic rings. The number of sulfone groups is 1. The third-order valence-corrected chi connectivity index (χ3v) is 4.89. The van der Waals surface area contributed by atoms with Crippen molar-refractivity contribution in [2.75, 3.05) is 18.1 Å². The molecule has 1 heterocycles. The van der Waals surface area contributed by atoms with Gasteiger partial charge in [0.2, 0.25) is 0 Å². The van der Waals surface area contributed by atoms with Crippen LogP contribution in [0.2, 0.25) is 0 Å². The van der Waals surface area contributed by atoms with Crippen LogP contribution in [0.5, 0.6) is 0 Å². The Morgan fingerprint density at radius 1 is 1.33 bits per heavy atom. The molecule has 1 atom stereocenters. The summed E-state index contributed by atoms with van der Waals surface area (Å²) in [5.74, 6) is 0.434. The Balaban J connectivity index is 2.29. The lowest BCUT2D eigenvalue weighted by atomic mass is 10.1. The highest BCUT2D eigenvalue weighted by Gasteiger charge is 2.26. The van der Waals surface area contributed by atoms with Crippen LogP contribution in [0.3, 0.4) is 0 Å². The fourth-order valence-corrected chi connectivity index (χ4v) is 3.70. The van der Waals surface area contributed by atoms with E-state index < -0.39 is 9.84 Å². The molecule has 0 radical (unpaired) electrons. The van der Waals surface area contributed by atoms with E-state index in [-0.39, 0.29) is 17.5 Å². The van der Waals surface area contributed by atoms with E-state index in [1.165, 1.54) is 0 Å². The van der Waals surface area contributed by atoms with Crippen molar-refractivity contribution in [2.45, 2.75) is 6.04 Å². The average molecular weight is 290 g/mol. The molecular weight excluding hydrogens is 278 g/mol. The third-order valence-electron chi connectivity index (χ3n) is 2.51. The van der Waals surface area contributed by atoms with E-state index in [4.69, 9.17) is 0 Å². The molecule has 15 heavy (non-hydrogen) atoms. The van der Waals surface area contributed by atoms with Crippen LogP contribution in [0.1, 0.15) is 11.6 Å². The molecule has 0 aromatic heterocycles. The van der Waals surface area contributed by atoms with Crippen molar-refractivity contribution in [1.29, 1.82) is 0 Å². The van der Waals surface area contributed by atoms with Crippen LogP contribution >= 0.6 is 15.9 Å². The van der Waals surface area contributed by atoms with E-state index in [0.29, 0.717) is 6.54 Å². The van der Waals surface area contributed by atoms with Gasteiger partial charge in [0, 0.05) is 17.1 Å². The highest BCUT2D eigenvalue weighted by Crippen LogP contribution is 2.25. The van der Waals surface area contributed by atoms with Gasteiger partial charge >= 0.3 is 0 Å². The van der Waals surface area contributed by atoms with Crippen LogP contribution in [-0.4, -0.2) is 26.5 Å². The van der Waals surface area contributed by atoms with Gasteiger partial charge in [-0.25, -0.2) is 8.42 Å². The van der Waals surface area contributed by atoms with Crippen LogP contribution in [0.4, 0.5) is 0 Å². The first-order valence-corrected chi connectivity index (χ1v) is 7.38. The lowest BCUT2D eigenvalue weighted by Gasteiger charge is -2.24. The Hall–Kier alpha value is -0.390. The average Bonchev–Trinajstić information content (AvgIpc) is 2.17. The molecule has 82 valence electrons. The summed E-state index contributed by atoms with van der Waals surface area (Å²) in [6.45, 7) is 0.536. The van der Waals surface area contributed by atoms with Gasteiger partial charge in [0.05, 0.1) is 11.5 Å². The van der Waals surface area contributed by atoms with E-state index in [1.54, 1.807) is 0 Å². The van der Waals surface area contributed by atoms with Gasteiger partial charge in [0.1, 0.15) is 0 Å². The monoisotopic (exact) mass is 289 g/mol. The molecule has 1 aliphatic rings. The summed E-state index contributed by atoms with van der Waals surface area (Å²) in [6.07, 6.45) is 0. The van der Waals surface area contributed by atoms with Gasteiger partial charge in [-0.1, -0.05) is 34.1 Å². The van der Waals surface area contributed by atoms with Crippen LogP contribution in [0.25, 0.3) is 0 Å². The van der Waals surface area contributed by atoms with E-state index >= 15 is 0 Å². The van der Waals surface area contributed by atoms with Crippen molar-refractivity contribution in [2.24, 2.45) is 0 Å². The molecule has 1 saturated heterocycles. The van der Waals surface area contributed by atoms with Crippen LogP contribution < -0.4 is 5.32 Å². The molecule has 3 nitrogen and oxygen atoms in total. The SMILES string of the molecule is O=S1(=O)CCNC(c2ccccc2Br)C1. The van der Waals surface area contributed by atoms with Gasteiger partial charge in [0.15, 0.2) is 9.84 Å². The zero-order valence-corrected chi connectivity index (χ0v) is 10.5. The molecule has 1 N–H and O–H groups in total. The summed E-state index contributed by atoms with van der Waals surface area (Å²) < 4.78 is 23.9. The van der Waals surface area contributed by atoms with Crippen molar-refractivity contribution in [1.82, 2.24) is 5.32 Å². The van der Waals surface area contributed by atoms with Crippen molar-refractivity contribution < 1.29 is 8.42 Å². The van der Waals surface area contributed by atoms with Crippen molar-refractivity contribution in [3.05, 3.63) is 34.3 Å². The maximum absolute atomic E-state index is 11.5. The van der Waals surface area contributed by atoms with Gasteiger partial charge in [-0.05, 0) is 11.6 Å². The normalized spacial score (nSPS) is 25.0. The minimum Gasteiger partial charge on any atom is -0.308 e. The smallest absolute Gasteiger partial charge is 0.153 e. The van der Waals surface area contributed by atoms with Crippen molar-refractivity contribution in [3.8, 4) is 0 Å². The molecule has 5 heteroatoms. The number of hydrogen-bond donors (Lipinski definition) is 1. The van der Waals surface area contributed by atoms with Crippen molar-refractivity contribution in [3.63, 3.8) is 0 Å². The molecule has 0 spiro atoms. The highest BCUT2D eigenvalue weighted by molar-refractivity contribution is 9.10. The Bertz CT molecular complexity index is 458. The van der Waals surface area contributed by atoms with Gasteiger partial charge < -0.3 is 5.32 Å². The first-order chi connectivity index (χ1) is 7.08. The van der Waals surface area contributed by atoms with Gasteiger partial charge in [-0.15, -0.1) is 0 Å². The van der Waals surface area contributed by atoms with Gasteiger partial charge in [0.25, 0.3) is 0 Å². The second-order valence-corrected chi connectivity index (χ2v) is 6.73. The van der Waals surface area contributed by atoms with Gasteiger partial charge in [-0.3, -0.25) is 0 Å². The molecule has 0 saturated carbocycles. The summed E-state index contributed by atoms with van der Waals surface area (Å²) in [5, 5.41) is 3.22. The van der Waals surface area contributed by atoms with Gasteiger partial charge in [-0.2, -0.15) is 0 Å². The molecular formula is C10H12BrNO2S. The number of benzene rings is 1. The maximum Gasteiger partial charge on any atom is 0.153 e. The Labute approximate surface area is 97.9 Å². The summed E-state index contributed by atoms with van der Waals surface area (Å²) in [6, 6.07) is 7.63. The molecule has 0 aliphatic carbocycles. The molecule has 2 rings (SSSR count). The minimum absolute atomic E-state index is 0.0840. The Morgan fingerprint density at radius 2 is 2.07 bits per heavy atom. The van der Waals surface area contributed by atoms with Crippen molar-refractivity contribution >= 4 is 25.8 Å². The largest absolute Gasteiger partial charge is 0.308 e. The fraction of sp³-hybridized carbons (Fsp3) is 0.400. The number of nitrogens with one attached hydrogen (secondary N) is 1. The quantitative estimate of drug-likeness (QED) is 0.852. The standard InChI is InChI=1S/C10H12BrNO2S/c11-9-4-2-1-3-8(9)10-7-15(13,14)6-5-12-10/h1-4,10,12H,5-7H2. The fourth-order valence-electron chi connectivity index (χ4n) is 1.74. The van der Waals surface area contributed by atoms with Crippen LogP contribution in [-0.2, 0) is 9.84 Å². The summed E-state index contributed by atoms with van der Waals surface area (Å²) in [4.78, 5) is 0. The third kappa shape index (κ3) is 2.59. The predicted octanol–water partition coefficient (Wildman–Crippen LogP) is 1.51. The highest BCUT2D eigenvalue weighted by atomic mass is 79.9. The van der Waals surface area contributed by atoms with E-state index in [1.807, 2.05) is 24.3 Å². The maximum atomic E-state index is 11.5. The number of halogens is 1. The minimum atomic E-state index is -2.88. The lowest BCUT2D eigenvalue weighted by molar-refractivity contribution is 0.530.